The Morgan fingerprint density at radius 2 is 1.68 bits per heavy atom. The number of nitrogens with one attached hydrogen (secondary N) is 2. The number of amides is 3. The number of hydrogen-bond donors (Lipinski definition) is 2. The summed E-state index contributed by atoms with van der Waals surface area (Å²) in [6, 6.07) is 14.6. The zero-order valence-corrected chi connectivity index (χ0v) is 18.2. The van der Waals surface area contributed by atoms with Gasteiger partial charge >= 0.3 is 12.0 Å². The van der Waals surface area contributed by atoms with Crippen LogP contribution in [0.15, 0.2) is 48.5 Å². The van der Waals surface area contributed by atoms with Crippen molar-refractivity contribution in [1.82, 2.24) is 15.5 Å². The van der Waals surface area contributed by atoms with E-state index in [0.29, 0.717) is 25.2 Å². The summed E-state index contributed by atoms with van der Waals surface area (Å²) in [7, 11) is 0. The minimum absolute atomic E-state index is 0.0570. The Balaban J connectivity index is 1.51. The van der Waals surface area contributed by atoms with Crippen molar-refractivity contribution >= 4 is 17.9 Å². The van der Waals surface area contributed by atoms with E-state index in [4.69, 9.17) is 4.74 Å². The first-order valence-electron chi connectivity index (χ1n) is 10.5. The Hall–Kier alpha value is -3.35. The van der Waals surface area contributed by atoms with E-state index in [1.54, 1.807) is 36.1 Å². The van der Waals surface area contributed by atoms with Crippen molar-refractivity contribution in [3.8, 4) is 0 Å². The molecule has 0 radical (unpaired) electrons. The van der Waals surface area contributed by atoms with Crippen LogP contribution in [0, 0.1) is 0 Å². The van der Waals surface area contributed by atoms with Crippen molar-refractivity contribution in [3.63, 3.8) is 0 Å². The fraction of sp³-hybridized carbons (Fsp3) is 0.375. The minimum Gasteiger partial charge on any atom is -0.449 e. The SMILES string of the molecule is CC(C)NC(=O)NCc1ccc(C(=O)O[C@H](C)C(=O)N2CCc3ccccc3C2)cc1. The zero-order chi connectivity index (χ0) is 22.4. The highest BCUT2D eigenvalue weighted by molar-refractivity contribution is 5.92. The number of benzene rings is 2. The highest BCUT2D eigenvalue weighted by Crippen LogP contribution is 2.19. The number of carbonyl (C=O) groups is 3. The van der Waals surface area contributed by atoms with Gasteiger partial charge in [0.05, 0.1) is 5.56 Å². The molecular weight excluding hydrogens is 394 g/mol. The summed E-state index contributed by atoms with van der Waals surface area (Å²) < 4.78 is 5.41. The van der Waals surface area contributed by atoms with Crippen LogP contribution < -0.4 is 10.6 Å². The Morgan fingerprint density at radius 1 is 1.00 bits per heavy atom. The number of urea groups is 1. The quantitative estimate of drug-likeness (QED) is 0.699. The van der Waals surface area contributed by atoms with Crippen LogP contribution in [0.5, 0.6) is 0 Å². The van der Waals surface area contributed by atoms with Gasteiger partial charge in [-0.3, -0.25) is 4.79 Å². The van der Waals surface area contributed by atoms with Crippen LogP contribution in [-0.4, -0.2) is 41.5 Å². The molecule has 1 heterocycles. The molecule has 3 amide bonds. The lowest BCUT2D eigenvalue weighted by Gasteiger charge is -2.30. The van der Waals surface area contributed by atoms with Crippen molar-refractivity contribution < 1.29 is 19.1 Å². The molecule has 164 valence electrons. The fourth-order valence-electron chi connectivity index (χ4n) is 3.47. The van der Waals surface area contributed by atoms with Crippen molar-refractivity contribution in [3.05, 3.63) is 70.8 Å². The van der Waals surface area contributed by atoms with Crippen molar-refractivity contribution in [2.45, 2.75) is 52.4 Å². The average molecular weight is 424 g/mol. The lowest BCUT2D eigenvalue weighted by Crippen LogP contribution is -2.42. The summed E-state index contributed by atoms with van der Waals surface area (Å²) in [5, 5.41) is 5.50. The summed E-state index contributed by atoms with van der Waals surface area (Å²) in [6.45, 7) is 6.87. The van der Waals surface area contributed by atoms with E-state index < -0.39 is 12.1 Å². The van der Waals surface area contributed by atoms with E-state index in [1.807, 2.05) is 32.0 Å². The molecule has 31 heavy (non-hydrogen) atoms. The first-order chi connectivity index (χ1) is 14.8. The first kappa shape index (κ1) is 22.3. The number of ether oxygens (including phenoxy) is 1. The van der Waals surface area contributed by atoms with Gasteiger partial charge in [0.25, 0.3) is 5.91 Å². The van der Waals surface area contributed by atoms with Crippen LogP contribution in [-0.2, 0) is 29.0 Å². The van der Waals surface area contributed by atoms with Crippen LogP contribution in [0.25, 0.3) is 0 Å². The number of carbonyl (C=O) groups excluding carboxylic acids is 3. The lowest BCUT2D eigenvalue weighted by atomic mass is 9.99. The van der Waals surface area contributed by atoms with Gasteiger partial charge in [-0.2, -0.15) is 0 Å². The maximum atomic E-state index is 12.8. The predicted octanol–water partition coefficient (Wildman–Crippen LogP) is 3.02. The van der Waals surface area contributed by atoms with Crippen molar-refractivity contribution in [2.24, 2.45) is 0 Å². The lowest BCUT2D eigenvalue weighted by molar-refractivity contribution is -0.140. The molecule has 7 heteroatoms. The number of fused-ring (bicyclic) bond motifs is 1. The summed E-state index contributed by atoms with van der Waals surface area (Å²) in [5.74, 6) is -0.741. The molecule has 0 aliphatic carbocycles. The third-order valence-corrected chi connectivity index (χ3v) is 5.14. The molecule has 0 spiro atoms. The average Bonchev–Trinajstić information content (AvgIpc) is 2.76. The first-order valence-corrected chi connectivity index (χ1v) is 10.5. The molecule has 1 aliphatic rings. The van der Waals surface area contributed by atoms with E-state index in [0.717, 1.165) is 17.5 Å². The van der Waals surface area contributed by atoms with Crippen LogP contribution >= 0.6 is 0 Å². The second-order valence-electron chi connectivity index (χ2n) is 8.00. The molecule has 0 saturated carbocycles. The number of hydrogen-bond acceptors (Lipinski definition) is 4. The van der Waals surface area contributed by atoms with E-state index in [2.05, 4.69) is 16.7 Å². The summed E-state index contributed by atoms with van der Waals surface area (Å²) in [6.07, 6.45) is -0.0633. The Bertz CT molecular complexity index is 940. The van der Waals surface area contributed by atoms with Gasteiger partial charge in [0.2, 0.25) is 0 Å². The highest BCUT2D eigenvalue weighted by atomic mass is 16.5. The summed E-state index contributed by atoms with van der Waals surface area (Å²) in [4.78, 5) is 38.6. The van der Waals surface area contributed by atoms with Gasteiger partial charge in [-0.15, -0.1) is 0 Å². The smallest absolute Gasteiger partial charge is 0.338 e. The van der Waals surface area contributed by atoms with E-state index in [9.17, 15) is 14.4 Å². The molecule has 0 bridgehead atoms. The molecule has 0 fully saturated rings. The third kappa shape index (κ3) is 6.07. The zero-order valence-electron chi connectivity index (χ0n) is 18.2. The van der Waals surface area contributed by atoms with Crippen LogP contribution in [0.3, 0.4) is 0 Å². The van der Waals surface area contributed by atoms with Gasteiger partial charge in [0.1, 0.15) is 0 Å². The molecule has 3 rings (SSSR count). The van der Waals surface area contributed by atoms with Crippen LogP contribution in [0.4, 0.5) is 4.79 Å². The van der Waals surface area contributed by atoms with Gasteiger partial charge in [-0.1, -0.05) is 36.4 Å². The second kappa shape index (κ2) is 10.1. The Morgan fingerprint density at radius 3 is 2.35 bits per heavy atom. The van der Waals surface area contributed by atoms with Crippen LogP contribution in [0.1, 0.15) is 47.8 Å². The molecule has 0 saturated heterocycles. The molecule has 1 atom stereocenters. The third-order valence-electron chi connectivity index (χ3n) is 5.14. The molecule has 2 aromatic carbocycles. The van der Waals surface area contributed by atoms with E-state index in [1.165, 1.54) is 5.56 Å². The van der Waals surface area contributed by atoms with E-state index >= 15 is 0 Å². The molecule has 0 aromatic heterocycles. The van der Waals surface area contributed by atoms with Gasteiger partial charge in [-0.25, -0.2) is 9.59 Å². The molecular formula is C24H29N3O4. The van der Waals surface area contributed by atoms with Crippen LogP contribution in [0.2, 0.25) is 0 Å². The summed E-state index contributed by atoms with van der Waals surface area (Å²) >= 11 is 0. The van der Waals surface area contributed by atoms with Crippen molar-refractivity contribution in [2.75, 3.05) is 6.54 Å². The van der Waals surface area contributed by atoms with Gasteiger partial charge in [-0.05, 0) is 56.0 Å². The standard InChI is InChI=1S/C24H29N3O4/c1-16(2)26-24(30)25-14-18-8-10-20(11-9-18)23(29)31-17(3)22(28)27-13-12-19-6-4-5-7-21(19)15-27/h4-11,16-17H,12-15H2,1-3H3,(H2,25,26,30)/t17-/m1/s1. The maximum Gasteiger partial charge on any atom is 0.338 e. The minimum atomic E-state index is -0.862. The Kier molecular flexibility index (Phi) is 7.28. The Labute approximate surface area is 182 Å². The molecule has 0 unspecified atom stereocenters. The van der Waals surface area contributed by atoms with Gasteiger partial charge < -0.3 is 20.3 Å². The second-order valence-corrected chi connectivity index (χ2v) is 8.00. The fourth-order valence-corrected chi connectivity index (χ4v) is 3.47. The number of nitrogens with zero attached hydrogens (tertiary/aromatic N) is 1. The largest absolute Gasteiger partial charge is 0.449 e. The van der Waals surface area contributed by atoms with E-state index in [-0.39, 0.29) is 18.0 Å². The number of rotatable bonds is 6. The maximum absolute atomic E-state index is 12.8. The number of esters is 1. The monoisotopic (exact) mass is 423 g/mol. The molecule has 2 aromatic rings. The predicted molar refractivity (Wildman–Crippen MR) is 117 cm³/mol. The van der Waals surface area contributed by atoms with Gasteiger partial charge in [0, 0.05) is 25.7 Å². The molecule has 2 N–H and O–H groups in total. The summed E-state index contributed by atoms with van der Waals surface area (Å²) in [5.41, 5.74) is 3.60. The molecule has 1 aliphatic heterocycles. The normalized spacial score (nSPS) is 13.9. The molecule has 7 nitrogen and oxygen atoms in total. The van der Waals surface area contributed by atoms with Crippen molar-refractivity contribution in [1.29, 1.82) is 0 Å². The highest BCUT2D eigenvalue weighted by Gasteiger charge is 2.27. The topological polar surface area (TPSA) is 87.7 Å². The van der Waals surface area contributed by atoms with Gasteiger partial charge in [0.15, 0.2) is 6.10 Å².